The number of nitrogens with zero attached hydrogens (tertiary/aromatic N) is 1. The summed E-state index contributed by atoms with van der Waals surface area (Å²) in [5.41, 5.74) is 0. The van der Waals surface area contributed by atoms with Gasteiger partial charge in [0.05, 0.1) is 6.26 Å². The summed E-state index contributed by atoms with van der Waals surface area (Å²) in [6, 6.07) is 3.85. The third-order valence-electron chi connectivity index (χ3n) is 3.24. The van der Waals surface area contributed by atoms with Crippen LogP contribution in [0.5, 0.6) is 0 Å². The molecule has 4 heteroatoms. The van der Waals surface area contributed by atoms with E-state index < -0.39 is 0 Å². The highest BCUT2D eigenvalue weighted by Gasteiger charge is 2.31. The lowest BCUT2D eigenvalue weighted by Gasteiger charge is -2.22. The minimum atomic E-state index is 0.0960. The summed E-state index contributed by atoms with van der Waals surface area (Å²) in [6.07, 6.45) is 6.97. The van der Waals surface area contributed by atoms with Crippen LogP contribution in [0.3, 0.4) is 0 Å². The van der Waals surface area contributed by atoms with E-state index in [0.717, 1.165) is 30.9 Å². The fourth-order valence-corrected chi connectivity index (χ4v) is 3.47. The second kappa shape index (κ2) is 6.88. The number of carbonyl (C=O) groups excluding carboxylic acids is 1. The Morgan fingerprint density at radius 3 is 3.11 bits per heavy atom. The summed E-state index contributed by atoms with van der Waals surface area (Å²) >= 11 is 1.79. The van der Waals surface area contributed by atoms with E-state index >= 15 is 0 Å². The topological polar surface area (TPSA) is 33.5 Å². The van der Waals surface area contributed by atoms with E-state index in [2.05, 4.69) is 6.92 Å². The maximum Gasteiger partial charge on any atom is 0.223 e. The number of furan rings is 1. The molecule has 0 N–H and O–H groups in total. The number of amides is 1. The van der Waals surface area contributed by atoms with E-state index in [1.807, 2.05) is 17.0 Å². The normalized spacial score (nSPS) is 19.4. The molecule has 1 aliphatic heterocycles. The van der Waals surface area contributed by atoms with E-state index in [9.17, 15) is 4.79 Å². The molecule has 0 unspecified atom stereocenters. The van der Waals surface area contributed by atoms with Gasteiger partial charge in [0.25, 0.3) is 0 Å². The SMILES string of the molecule is CCCCCCC(=O)N1CCS[C@@H]1c1ccco1. The monoisotopic (exact) mass is 267 g/mol. The van der Waals surface area contributed by atoms with Crippen LogP contribution < -0.4 is 0 Å². The maximum absolute atomic E-state index is 12.2. The molecular formula is C14H21NO2S. The Bertz CT molecular complexity index is 364. The largest absolute Gasteiger partial charge is 0.466 e. The molecule has 1 fully saturated rings. The van der Waals surface area contributed by atoms with Gasteiger partial charge in [0.1, 0.15) is 11.1 Å². The Kier molecular flexibility index (Phi) is 5.17. The van der Waals surface area contributed by atoms with Crippen molar-refractivity contribution in [1.29, 1.82) is 0 Å². The Balaban J connectivity index is 1.85. The molecule has 2 rings (SSSR count). The standard InChI is InChI=1S/C14H21NO2S/c1-2-3-4-5-8-13(16)15-9-11-18-14(15)12-7-6-10-17-12/h6-7,10,14H,2-5,8-9,11H2,1H3/t14-/m1/s1. The van der Waals surface area contributed by atoms with E-state index in [-0.39, 0.29) is 11.3 Å². The van der Waals surface area contributed by atoms with Gasteiger partial charge >= 0.3 is 0 Å². The van der Waals surface area contributed by atoms with Crippen molar-refractivity contribution < 1.29 is 9.21 Å². The van der Waals surface area contributed by atoms with Crippen molar-refractivity contribution in [2.45, 2.75) is 44.4 Å². The molecule has 0 saturated carbocycles. The number of unbranched alkanes of at least 4 members (excludes halogenated alkanes) is 3. The minimum Gasteiger partial charge on any atom is -0.466 e. The summed E-state index contributed by atoms with van der Waals surface area (Å²) in [5.74, 6) is 2.18. The van der Waals surface area contributed by atoms with Crippen LogP contribution in [0.4, 0.5) is 0 Å². The lowest BCUT2D eigenvalue weighted by molar-refractivity contribution is -0.131. The van der Waals surface area contributed by atoms with Crippen LogP contribution in [0.1, 0.15) is 50.2 Å². The second-order valence-corrected chi connectivity index (χ2v) is 5.82. The molecule has 1 aromatic rings. The van der Waals surface area contributed by atoms with Crippen LogP contribution in [0.15, 0.2) is 22.8 Å². The van der Waals surface area contributed by atoms with Crippen LogP contribution in [0, 0.1) is 0 Å². The maximum atomic E-state index is 12.2. The third kappa shape index (κ3) is 3.31. The van der Waals surface area contributed by atoms with Crippen molar-refractivity contribution in [1.82, 2.24) is 4.90 Å². The van der Waals surface area contributed by atoms with E-state index in [1.165, 1.54) is 12.8 Å². The molecule has 18 heavy (non-hydrogen) atoms. The predicted molar refractivity (Wildman–Crippen MR) is 74.4 cm³/mol. The highest BCUT2D eigenvalue weighted by Crippen LogP contribution is 2.38. The minimum absolute atomic E-state index is 0.0960. The van der Waals surface area contributed by atoms with Crippen molar-refractivity contribution in [2.24, 2.45) is 0 Å². The average Bonchev–Trinajstić information content (AvgIpc) is 3.02. The van der Waals surface area contributed by atoms with Crippen molar-refractivity contribution in [3.05, 3.63) is 24.2 Å². The molecule has 1 aromatic heterocycles. The summed E-state index contributed by atoms with van der Waals surface area (Å²) in [7, 11) is 0. The third-order valence-corrected chi connectivity index (χ3v) is 4.46. The van der Waals surface area contributed by atoms with Crippen molar-refractivity contribution in [2.75, 3.05) is 12.3 Å². The molecule has 100 valence electrons. The highest BCUT2D eigenvalue weighted by molar-refractivity contribution is 7.99. The quantitative estimate of drug-likeness (QED) is 0.735. The van der Waals surface area contributed by atoms with Gasteiger partial charge in [0.15, 0.2) is 0 Å². The van der Waals surface area contributed by atoms with Gasteiger partial charge in [-0.1, -0.05) is 26.2 Å². The Hall–Kier alpha value is -0.900. The van der Waals surface area contributed by atoms with Crippen LogP contribution >= 0.6 is 11.8 Å². The Labute approximate surface area is 113 Å². The first kappa shape index (κ1) is 13.5. The lowest BCUT2D eigenvalue weighted by atomic mass is 10.1. The summed E-state index contributed by atoms with van der Waals surface area (Å²) in [5, 5.41) is 0.0960. The van der Waals surface area contributed by atoms with E-state index in [0.29, 0.717) is 6.42 Å². The van der Waals surface area contributed by atoms with Gasteiger partial charge in [-0.25, -0.2) is 0 Å². The van der Waals surface area contributed by atoms with Gasteiger partial charge < -0.3 is 9.32 Å². The first-order valence-electron chi connectivity index (χ1n) is 6.77. The Morgan fingerprint density at radius 1 is 1.50 bits per heavy atom. The van der Waals surface area contributed by atoms with Crippen LogP contribution in [0.25, 0.3) is 0 Å². The molecule has 3 nitrogen and oxygen atoms in total. The number of hydrogen-bond donors (Lipinski definition) is 0. The van der Waals surface area contributed by atoms with Crippen LogP contribution in [-0.4, -0.2) is 23.1 Å². The summed E-state index contributed by atoms with van der Waals surface area (Å²) < 4.78 is 5.43. The molecule has 1 aliphatic rings. The molecule has 2 heterocycles. The number of carbonyl (C=O) groups is 1. The zero-order valence-electron chi connectivity index (χ0n) is 10.9. The molecule has 1 atom stereocenters. The molecule has 0 aliphatic carbocycles. The van der Waals surface area contributed by atoms with Gasteiger partial charge in [-0.05, 0) is 18.6 Å². The fourth-order valence-electron chi connectivity index (χ4n) is 2.24. The number of hydrogen-bond acceptors (Lipinski definition) is 3. The summed E-state index contributed by atoms with van der Waals surface area (Å²) in [4.78, 5) is 14.2. The van der Waals surface area contributed by atoms with E-state index in [1.54, 1.807) is 18.0 Å². The highest BCUT2D eigenvalue weighted by atomic mass is 32.2. The van der Waals surface area contributed by atoms with Crippen molar-refractivity contribution >= 4 is 17.7 Å². The van der Waals surface area contributed by atoms with E-state index in [4.69, 9.17) is 4.42 Å². The predicted octanol–water partition coefficient (Wildman–Crippen LogP) is 3.82. The van der Waals surface area contributed by atoms with Gasteiger partial charge in [0.2, 0.25) is 5.91 Å². The second-order valence-electron chi connectivity index (χ2n) is 4.64. The molecular weight excluding hydrogens is 246 g/mol. The van der Waals surface area contributed by atoms with Gasteiger partial charge in [-0.15, -0.1) is 11.8 Å². The van der Waals surface area contributed by atoms with Gasteiger partial charge in [-0.3, -0.25) is 4.79 Å². The Morgan fingerprint density at radius 2 is 2.39 bits per heavy atom. The number of rotatable bonds is 6. The van der Waals surface area contributed by atoms with Crippen molar-refractivity contribution in [3.8, 4) is 0 Å². The average molecular weight is 267 g/mol. The van der Waals surface area contributed by atoms with Crippen LogP contribution in [0.2, 0.25) is 0 Å². The van der Waals surface area contributed by atoms with Gasteiger partial charge in [-0.2, -0.15) is 0 Å². The summed E-state index contributed by atoms with van der Waals surface area (Å²) in [6.45, 7) is 3.04. The molecule has 1 amide bonds. The smallest absolute Gasteiger partial charge is 0.223 e. The van der Waals surface area contributed by atoms with Crippen molar-refractivity contribution in [3.63, 3.8) is 0 Å². The van der Waals surface area contributed by atoms with Gasteiger partial charge in [0, 0.05) is 18.7 Å². The molecule has 0 bridgehead atoms. The number of thioether (sulfide) groups is 1. The molecule has 0 radical (unpaired) electrons. The molecule has 0 spiro atoms. The zero-order chi connectivity index (χ0) is 12.8. The first-order chi connectivity index (χ1) is 8.83. The first-order valence-corrected chi connectivity index (χ1v) is 7.82. The fraction of sp³-hybridized carbons (Fsp3) is 0.643. The molecule has 1 saturated heterocycles. The zero-order valence-corrected chi connectivity index (χ0v) is 11.7. The lowest BCUT2D eigenvalue weighted by Crippen LogP contribution is -2.29. The molecule has 0 aromatic carbocycles. The van der Waals surface area contributed by atoms with Crippen LogP contribution in [-0.2, 0) is 4.79 Å².